The van der Waals surface area contributed by atoms with Crippen molar-refractivity contribution in [2.45, 2.75) is 19.8 Å². The van der Waals surface area contributed by atoms with Crippen LogP contribution in [0.15, 0.2) is 59.2 Å². The molecule has 0 bridgehead atoms. The van der Waals surface area contributed by atoms with Gasteiger partial charge in [0.25, 0.3) is 0 Å². The van der Waals surface area contributed by atoms with Gasteiger partial charge in [0.15, 0.2) is 0 Å². The fourth-order valence-electron chi connectivity index (χ4n) is 2.54. The summed E-state index contributed by atoms with van der Waals surface area (Å²) in [5.41, 5.74) is 2.68. The zero-order chi connectivity index (χ0) is 17.1. The van der Waals surface area contributed by atoms with Crippen molar-refractivity contribution in [1.82, 2.24) is 4.57 Å². The third-order valence-corrected chi connectivity index (χ3v) is 4.74. The van der Waals surface area contributed by atoms with E-state index in [1.807, 2.05) is 55.5 Å². The number of halogens is 1. The number of hydrogen-bond donors (Lipinski definition) is 1. The van der Waals surface area contributed by atoms with E-state index < -0.39 is 0 Å². The number of rotatable bonds is 4. The second-order valence-corrected chi connectivity index (χ2v) is 6.50. The van der Waals surface area contributed by atoms with E-state index in [0.717, 1.165) is 26.6 Å². The lowest BCUT2D eigenvalue weighted by molar-refractivity contribution is -0.116. The highest BCUT2D eigenvalue weighted by atomic mass is 79.9. The second-order valence-electron chi connectivity index (χ2n) is 5.65. The summed E-state index contributed by atoms with van der Waals surface area (Å²) in [6.45, 7) is 1.98. The number of benzene rings is 2. The molecule has 1 heterocycles. The summed E-state index contributed by atoms with van der Waals surface area (Å²) in [6.07, 6.45) is 2.07. The van der Waals surface area contributed by atoms with Crippen LogP contribution in [0.4, 0.5) is 5.69 Å². The molecule has 0 fully saturated rings. The molecule has 0 atom stereocenters. The van der Waals surface area contributed by atoms with Crippen molar-refractivity contribution in [3.63, 3.8) is 0 Å². The summed E-state index contributed by atoms with van der Waals surface area (Å²) >= 11 is 3.44. The van der Waals surface area contributed by atoms with Gasteiger partial charge < -0.3 is 5.32 Å². The van der Waals surface area contributed by atoms with Crippen LogP contribution in [0, 0.1) is 6.92 Å². The van der Waals surface area contributed by atoms with Crippen LogP contribution in [0.5, 0.6) is 0 Å². The first kappa shape index (κ1) is 16.5. The van der Waals surface area contributed by atoms with E-state index in [4.69, 9.17) is 0 Å². The van der Waals surface area contributed by atoms with Gasteiger partial charge in [-0.15, -0.1) is 0 Å². The number of fused-ring (bicyclic) bond motifs is 1. The SMILES string of the molecule is Cc1ccc(NC(=O)CCC(=O)n2ccc3ccccc32)cc1Br. The fraction of sp³-hybridized carbons (Fsp3) is 0.158. The summed E-state index contributed by atoms with van der Waals surface area (Å²) in [5, 5.41) is 3.83. The van der Waals surface area contributed by atoms with Gasteiger partial charge in [0.05, 0.1) is 5.52 Å². The van der Waals surface area contributed by atoms with E-state index in [1.54, 1.807) is 10.8 Å². The minimum atomic E-state index is -0.171. The third-order valence-electron chi connectivity index (χ3n) is 3.89. The Hall–Kier alpha value is -2.40. The predicted octanol–water partition coefficient (Wildman–Crippen LogP) is 4.77. The first-order valence-electron chi connectivity index (χ1n) is 7.70. The normalized spacial score (nSPS) is 10.8. The average Bonchev–Trinajstić information content (AvgIpc) is 3.00. The molecule has 24 heavy (non-hydrogen) atoms. The van der Waals surface area contributed by atoms with Crippen LogP contribution in [0.2, 0.25) is 0 Å². The first-order chi connectivity index (χ1) is 11.5. The molecule has 0 saturated carbocycles. The van der Waals surface area contributed by atoms with Gasteiger partial charge in [-0.25, -0.2) is 0 Å². The zero-order valence-corrected chi connectivity index (χ0v) is 14.8. The molecule has 0 unspecified atom stereocenters. The summed E-state index contributed by atoms with van der Waals surface area (Å²) in [6, 6.07) is 15.2. The molecule has 5 heteroatoms. The first-order valence-corrected chi connectivity index (χ1v) is 8.49. The molecule has 1 N–H and O–H groups in total. The second kappa shape index (κ2) is 7.01. The van der Waals surface area contributed by atoms with Gasteiger partial charge in [-0.1, -0.05) is 40.2 Å². The number of para-hydroxylation sites is 1. The van der Waals surface area contributed by atoms with Crippen LogP contribution in [0.25, 0.3) is 10.9 Å². The number of hydrogen-bond acceptors (Lipinski definition) is 2. The minimum absolute atomic E-state index is 0.0866. The molecule has 3 aromatic rings. The lowest BCUT2D eigenvalue weighted by atomic mass is 10.2. The quantitative estimate of drug-likeness (QED) is 0.703. The van der Waals surface area contributed by atoms with Crippen molar-refractivity contribution in [1.29, 1.82) is 0 Å². The van der Waals surface area contributed by atoms with Gasteiger partial charge in [0.2, 0.25) is 11.8 Å². The minimum Gasteiger partial charge on any atom is -0.326 e. The highest BCUT2D eigenvalue weighted by Gasteiger charge is 2.11. The number of aromatic nitrogens is 1. The average molecular weight is 385 g/mol. The molecule has 2 aromatic carbocycles. The maximum absolute atomic E-state index is 12.4. The number of anilines is 1. The Bertz CT molecular complexity index is 915. The molecular formula is C19H17BrN2O2. The number of nitrogens with one attached hydrogen (secondary N) is 1. The Morgan fingerprint density at radius 2 is 1.88 bits per heavy atom. The van der Waals surface area contributed by atoms with Crippen LogP contribution in [0.3, 0.4) is 0 Å². The van der Waals surface area contributed by atoms with Crippen molar-refractivity contribution >= 4 is 44.3 Å². The standard InChI is InChI=1S/C19H17BrN2O2/c1-13-6-7-15(12-16(13)20)21-18(23)8-9-19(24)22-11-10-14-4-2-3-5-17(14)22/h2-7,10-12H,8-9H2,1H3,(H,21,23). The van der Waals surface area contributed by atoms with Crippen LogP contribution in [-0.4, -0.2) is 16.4 Å². The molecule has 0 aliphatic carbocycles. The van der Waals surface area contributed by atoms with Crippen LogP contribution < -0.4 is 5.32 Å². The molecule has 0 radical (unpaired) electrons. The molecule has 0 saturated heterocycles. The van der Waals surface area contributed by atoms with Crippen LogP contribution in [0.1, 0.15) is 23.2 Å². The van der Waals surface area contributed by atoms with E-state index in [0.29, 0.717) is 0 Å². The smallest absolute Gasteiger partial charge is 0.231 e. The Balaban J connectivity index is 1.61. The van der Waals surface area contributed by atoms with Gasteiger partial charge in [-0.2, -0.15) is 0 Å². The van der Waals surface area contributed by atoms with Gasteiger partial charge >= 0.3 is 0 Å². The third kappa shape index (κ3) is 3.57. The Labute approximate surface area is 148 Å². The monoisotopic (exact) mass is 384 g/mol. The van der Waals surface area contributed by atoms with Crippen molar-refractivity contribution in [2.24, 2.45) is 0 Å². The highest BCUT2D eigenvalue weighted by molar-refractivity contribution is 9.10. The molecule has 0 aliphatic rings. The van der Waals surface area contributed by atoms with Crippen molar-refractivity contribution in [3.8, 4) is 0 Å². The summed E-state index contributed by atoms with van der Waals surface area (Å²) in [5.74, 6) is -0.257. The van der Waals surface area contributed by atoms with Crippen molar-refractivity contribution < 1.29 is 9.59 Å². The zero-order valence-electron chi connectivity index (χ0n) is 13.3. The van der Waals surface area contributed by atoms with Gasteiger partial charge in [-0.05, 0) is 36.8 Å². The molecule has 1 amide bonds. The topological polar surface area (TPSA) is 51.1 Å². The molecular weight excluding hydrogens is 368 g/mol. The summed E-state index contributed by atoms with van der Waals surface area (Å²) in [4.78, 5) is 24.4. The van der Waals surface area contributed by atoms with Crippen LogP contribution in [-0.2, 0) is 4.79 Å². The van der Waals surface area contributed by atoms with Crippen molar-refractivity contribution in [2.75, 3.05) is 5.32 Å². The van der Waals surface area contributed by atoms with E-state index in [9.17, 15) is 9.59 Å². The maximum Gasteiger partial charge on any atom is 0.231 e. The molecule has 0 aliphatic heterocycles. The van der Waals surface area contributed by atoms with Gasteiger partial charge in [0, 0.05) is 34.6 Å². The van der Waals surface area contributed by atoms with Gasteiger partial charge in [0.1, 0.15) is 0 Å². The predicted molar refractivity (Wildman–Crippen MR) is 99.3 cm³/mol. The van der Waals surface area contributed by atoms with E-state index in [-0.39, 0.29) is 24.7 Å². The maximum atomic E-state index is 12.4. The van der Waals surface area contributed by atoms with E-state index in [1.165, 1.54) is 0 Å². The molecule has 122 valence electrons. The number of amides is 1. The van der Waals surface area contributed by atoms with Crippen LogP contribution >= 0.6 is 15.9 Å². The molecule has 3 rings (SSSR count). The fourth-order valence-corrected chi connectivity index (χ4v) is 2.91. The largest absolute Gasteiger partial charge is 0.326 e. The highest BCUT2D eigenvalue weighted by Crippen LogP contribution is 2.21. The van der Waals surface area contributed by atoms with Gasteiger partial charge in [-0.3, -0.25) is 14.2 Å². The Morgan fingerprint density at radius 3 is 2.67 bits per heavy atom. The summed E-state index contributed by atoms with van der Waals surface area (Å²) in [7, 11) is 0. The van der Waals surface area contributed by atoms with E-state index >= 15 is 0 Å². The molecule has 4 nitrogen and oxygen atoms in total. The Kier molecular flexibility index (Phi) is 4.81. The Morgan fingerprint density at radius 1 is 1.08 bits per heavy atom. The number of nitrogens with zero attached hydrogens (tertiary/aromatic N) is 1. The number of carbonyl (C=O) groups is 2. The van der Waals surface area contributed by atoms with Crippen molar-refractivity contribution in [3.05, 3.63) is 64.8 Å². The molecule has 1 aromatic heterocycles. The molecule has 0 spiro atoms. The van der Waals surface area contributed by atoms with E-state index in [2.05, 4.69) is 21.2 Å². The number of aryl methyl sites for hydroxylation is 1. The number of carbonyl (C=O) groups excluding carboxylic acids is 2. The lowest BCUT2D eigenvalue weighted by Crippen LogP contribution is -2.16. The summed E-state index contributed by atoms with van der Waals surface area (Å²) < 4.78 is 2.54. The lowest BCUT2D eigenvalue weighted by Gasteiger charge is -2.07.